The quantitative estimate of drug-likeness (QED) is 0.763. The first kappa shape index (κ1) is 9.84. The van der Waals surface area contributed by atoms with Gasteiger partial charge < -0.3 is 10.5 Å². The normalized spacial score (nSPS) is 14.8. The van der Waals surface area contributed by atoms with Gasteiger partial charge in [-0.25, -0.2) is 0 Å². The summed E-state index contributed by atoms with van der Waals surface area (Å²) in [4.78, 5) is 0. The Morgan fingerprint density at radius 2 is 2.00 bits per heavy atom. The summed E-state index contributed by atoms with van der Waals surface area (Å²) in [6.07, 6.45) is 8.30. The molecule has 0 fully saturated rings. The fourth-order valence-electron chi connectivity index (χ4n) is 1.49. The molecule has 2 N–H and O–H groups in total. The molecular formula is C13H15NO. The minimum atomic E-state index is 0.625. The molecule has 0 radical (unpaired) electrons. The molecule has 1 aliphatic rings. The molecule has 78 valence electrons. The fourth-order valence-corrected chi connectivity index (χ4v) is 1.49. The van der Waals surface area contributed by atoms with E-state index in [9.17, 15) is 0 Å². The van der Waals surface area contributed by atoms with Crippen molar-refractivity contribution in [1.29, 1.82) is 0 Å². The highest BCUT2D eigenvalue weighted by molar-refractivity contribution is 5.39. The summed E-state index contributed by atoms with van der Waals surface area (Å²) in [5.74, 6) is 1.06. The first-order valence-corrected chi connectivity index (χ1v) is 5.17. The van der Waals surface area contributed by atoms with E-state index in [1.807, 2.05) is 36.4 Å². The molecule has 1 aromatic carbocycles. The first-order valence-electron chi connectivity index (χ1n) is 5.17. The molecule has 0 heterocycles. The summed E-state index contributed by atoms with van der Waals surface area (Å²) < 4.78 is 5.68. The topological polar surface area (TPSA) is 35.2 Å². The van der Waals surface area contributed by atoms with Crippen molar-refractivity contribution in [3.8, 4) is 0 Å². The standard InChI is InChI=1S/C13H15NO/c14-12-8-6-11(7-9-12)10-15-13-4-2-1-3-5-13/h1-2,4,6-9H,3,5,10,14H2. The summed E-state index contributed by atoms with van der Waals surface area (Å²) in [6, 6.07) is 7.78. The predicted molar refractivity (Wildman–Crippen MR) is 62.1 cm³/mol. The predicted octanol–water partition coefficient (Wildman–Crippen LogP) is 3.02. The van der Waals surface area contributed by atoms with E-state index in [0.29, 0.717) is 6.61 Å². The van der Waals surface area contributed by atoms with E-state index in [-0.39, 0.29) is 0 Å². The van der Waals surface area contributed by atoms with Crippen LogP contribution < -0.4 is 5.73 Å². The molecule has 0 saturated carbocycles. The van der Waals surface area contributed by atoms with Crippen LogP contribution in [-0.4, -0.2) is 0 Å². The zero-order chi connectivity index (χ0) is 10.5. The number of nitrogens with two attached hydrogens (primary N) is 1. The second-order valence-electron chi connectivity index (χ2n) is 3.63. The van der Waals surface area contributed by atoms with Gasteiger partial charge in [0, 0.05) is 12.1 Å². The largest absolute Gasteiger partial charge is 0.493 e. The molecule has 0 unspecified atom stereocenters. The lowest BCUT2D eigenvalue weighted by atomic mass is 10.1. The Labute approximate surface area is 90.1 Å². The zero-order valence-corrected chi connectivity index (χ0v) is 8.65. The van der Waals surface area contributed by atoms with Crippen LogP contribution in [0.4, 0.5) is 5.69 Å². The minimum absolute atomic E-state index is 0.625. The lowest BCUT2D eigenvalue weighted by molar-refractivity contribution is 0.188. The highest BCUT2D eigenvalue weighted by Crippen LogP contribution is 2.15. The Morgan fingerprint density at radius 1 is 1.20 bits per heavy atom. The van der Waals surface area contributed by atoms with Gasteiger partial charge in [0.25, 0.3) is 0 Å². The maximum atomic E-state index is 5.68. The molecule has 15 heavy (non-hydrogen) atoms. The van der Waals surface area contributed by atoms with E-state index in [1.54, 1.807) is 0 Å². The summed E-state index contributed by atoms with van der Waals surface area (Å²) in [6.45, 7) is 0.625. The molecular weight excluding hydrogens is 186 g/mol. The van der Waals surface area contributed by atoms with Crippen molar-refractivity contribution in [2.24, 2.45) is 0 Å². The van der Waals surface area contributed by atoms with Gasteiger partial charge >= 0.3 is 0 Å². The van der Waals surface area contributed by atoms with Crippen LogP contribution in [0.3, 0.4) is 0 Å². The van der Waals surface area contributed by atoms with Gasteiger partial charge in [0.1, 0.15) is 6.61 Å². The van der Waals surface area contributed by atoms with Gasteiger partial charge in [-0.1, -0.05) is 24.3 Å². The average molecular weight is 201 g/mol. The van der Waals surface area contributed by atoms with Gasteiger partial charge in [-0.3, -0.25) is 0 Å². The van der Waals surface area contributed by atoms with Crippen LogP contribution in [0.2, 0.25) is 0 Å². The van der Waals surface area contributed by atoms with Gasteiger partial charge in [0.15, 0.2) is 0 Å². The van der Waals surface area contributed by atoms with Gasteiger partial charge in [-0.2, -0.15) is 0 Å². The lowest BCUT2D eigenvalue weighted by Gasteiger charge is -2.11. The van der Waals surface area contributed by atoms with E-state index in [0.717, 1.165) is 29.9 Å². The Bertz CT molecular complexity index is 376. The lowest BCUT2D eigenvalue weighted by Crippen LogP contribution is -1.96. The molecule has 2 rings (SSSR count). The van der Waals surface area contributed by atoms with Crippen LogP contribution in [-0.2, 0) is 11.3 Å². The Balaban J connectivity index is 1.90. The van der Waals surface area contributed by atoms with Gasteiger partial charge in [-0.05, 0) is 30.2 Å². The summed E-state index contributed by atoms with van der Waals surface area (Å²) in [5.41, 5.74) is 7.55. The summed E-state index contributed by atoms with van der Waals surface area (Å²) >= 11 is 0. The number of rotatable bonds is 3. The number of hydrogen-bond acceptors (Lipinski definition) is 2. The number of anilines is 1. The molecule has 2 heteroatoms. The number of allylic oxidation sites excluding steroid dienone is 4. The molecule has 0 aromatic heterocycles. The fraction of sp³-hybridized carbons (Fsp3) is 0.231. The van der Waals surface area contributed by atoms with Gasteiger partial charge in [0.2, 0.25) is 0 Å². The number of ether oxygens (including phenoxy) is 1. The van der Waals surface area contributed by atoms with Crippen molar-refractivity contribution in [2.45, 2.75) is 19.4 Å². The summed E-state index contributed by atoms with van der Waals surface area (Å²) in [5, 5.41) is 0. The van der Waals surface area contributed by atoms with Crippen LogP contribution in [0.15, 0.2) is 48.3 Å². The molecule has 1 aromatic rings. The maximum absolute atomic E-state index is 5.68. The zero-order valence-electron chi connectivity index (χ0n) is 8.65. The first-order chi connectivity index (χ1) is 7.34. The van der Waals surface area contributed by atoms with Crippen molar-refractivity contribution in [1.82, 2.24) is 0 Å². The van der Waals surface area contributed by atoms with E-state index in [4.69, 9.17) is 10.5 Å². The number of hydrogen-bond donors (Lipinski definition) is 1. The van der Waals surface area contributed by atoms with Crippen LogP contribution in [0.1, 0.15) is 18.4 Å². The maximum Gasteiger partial charge on any atom is 0.113 e. The van der Waals surface area contributed by atoms with Crippen molar-refractivity contribution < 1.29 is 4.74 Å². The van der Waals surface area contributed by atoms with E-state index >= 15 is 0 Å². The third-order valence-corrected chi connectivity index (χ3v) is 2.38. The highest BCUT2D eigenvalue weighted by Gasteiger charge is 2.00. The Hall–Kier alpha value is -1.70. The van der Waals surface area contributed by atoms with Gasteiger partial charge in [-0.15, -0.1) is 0 Å². The van der Waals surface area contributed by atoms with Crippen molar-refractivity contribution in [3.63, 3.8) is 0 Å². The van der Waals surface area contributed by atoms with Crippen LogP contribution in [0.5, 0.6) is 0 Å². The monoisotopic (exact) mass is 201 g/mol. The number of nitrogen functional groups attached to an aromatic ring is 1. The highest BCUT2D eigenvalue weighted by atomic mass is 16.5. The molecule has 2 nitrogen and oxygen atoms in total. The van der Waals surface area contributed by atoms with Crippen molar-refractivity contribution >= 4 is 5.69 Å². The van der Waals surface area contributed by atoms with E-state index < -0.39 is 0 Å². The van der Waals surface area contributed by atoms with Gasteiger partial charge in [0.05, 0.1) is 5.76 Å². The average Bonchev–Trinajstić information content (AvgIpc) is 2.30. The van der Waals surface area contributed by atoms with Crippen molar-refractivity contribution in [2.75, 3.05) is 5.73 Å². The molecule has 1 aliphatic carbocycles. The van der Waals surface area contributed by atoms with E-state index in [2.05, 4.69) is 6.08 Å². The smallest absolute Gasteiger partial charge is 0.113 e. The molecule has 0 aliphatic heterocycles. The third kappa shape index (κ3) is 2.88. The molecule has 0 amide bonds. The van der Waals surface area contributed by atoms with Crippen LogP contribution in [0.25, 0.3) is 0 Å². The summed E-state index contributed by atoms with van der Waals surface area (Å²) in [7, 11) is 0. The van der Waals surface area contributed by atoms with Crippen LogP contribution in [0, 0.1) is 0 Å². The molecule has 0 spiro atoms. The second kappa shape index (κ2) is 4.69. The van der Waals surface area contributed by atoms with E-state index in [1.165, 1.54) is 0 Å². The molecule has 0 atom stereocenters. The number of benzene rings is 1. The molecule has 0 saturated heterocycles. The molecule has 0 bridgehead atoms. The Morgan fingerprint density at radius 3 is 2.67 bits per heavy atom. The second-order valence-corrected chi connectivity index (χ2v) is 3.63. The third-order valence-electron chi connectivity index (χ3n) is 2.38. The SMILES string of the molecule is Nc1ccc(COC2=CC=CCC2)cc1. The Kier molecular flexibility index (Phi) is 3.08. The van der Waals surface area contributed by atoms with Crippen LogP contribution >= 0.6 is 0 Å². The minimum Gasteiger partial charge on any atom is -0.493 e. The van der Waals surface area contributed by atoms with Crippen molar-refractivity contribution in [3.05, 3.63) is 53.8 Å².